The number of benzene rings is 4. The number of fused-ring (bicyclic) bond motifs is 1. The summed E-state index contributed by atoms with van der Waals surface area (Å²) < 4.78 is 15.9. The molecule has 4 rings (SSSR count). The molecule has 0 aliphatic heterocycles. The number of hydrogen-bond acceptors (Lipinski definition) is 6. The standard InChI is InChI=1S/C26H22N2O5/c1-31-18-11-7-16(8-12-18)25(29)28-24-21-6-4-3-5-20(21)23(15-22(24)27)33-26(30)17-9-13-19(32-2)14-10-17/h3-15H,27H2,1-2H3,(H,28,29). The molecule has 33 heavy (non-hydrogen) atoms. The van der Waals surface area contributed by atoms with Crippen molar-refractivity contribution >= 4 is 34.0 Å². The summed E-state index contributed by atoms with van der Waals surface area (Å²) in [6, 6.07) is 22.1. The lowest BCUT2D eigenvalue weighted by Gasteiger charge is -2.15. The van der Waals surface area contributed by atoms with Crippen molar-refractivity contribution in [1.29, 1.82) is 0 Å². The van der Waals surface area contributed by atoms with Gasteiger partial charge in [0.25, 0.3) is 5.91 Å². The van der Waals surface area contributed by atoms with Gasteiger partial charge in [-0.05, 0) is 48.5 Å². The van der Waals surface area contributed by atoms with Crippen molar-refractivity contribution in [3.8, 4) is 17.2 Å². The van der Waals surface area contributed by atoms with E-state index in [4.69, 9.17) is 19.9 Å². The number of anilines is 2. The van der Waals surface area contributed by atoms with Crippen molar-refractivity contribution in [3.63, 3.8) is 0 Å². The van der Waals surface area contributed by atoms with E-state index in [0.29, 0.717) is 44.8 Å². The second kappa shape index (κ2) is 9.32. The summed E-state index contributed by atoms with van der Waals surface area (Å²) in [7, 11) is 3.11. The number of carbonyl (C=O) groups is 2. The van der Waals surface area contributed by atoms with Gasteiger partial charge >= 0.3 is 5.97 Å². The first kappa shape index (κ1) is 21.7. The molecule has 0 aliphatic carbocycles. The number of nitrogens with one attached hydrogen (secondary N) is 1. The lowest BCUT2D eigenvalue weighted by atomic mass is 10.1. The summed E-state index contributed by atoms with van der Waals surface area (Å²) in [5.74, 6) is 0.735. The monoisotopic (exact) mass is 442 g/mol. The average Bonchev–Trinajstić information content (AvgIpc) is 2.86. The highest BCUT2D eigenvalue weighted by atomic mass is 16.5. The van der Waals surface area contributed by atoms with Gasteiger partial charge in [0.2, 0.25) is 0 Å². The molecule has 0 saturated carbocycles. The second-order valence-electron chi connectivity index (χ2n) is 7.19. The van der Waals surface area contributed by atoms with E-state index in [9.17, 15) is 9.59 Å². The Bertz CT molecular complexity index is 1320. The molecule has 0 saturated heterocycles. The molecule has 3 N–H and O–H groups in total. The fraction of sp³-hybridized carbons (Fsp3) is 0.0769. The third kappa shape index (κ3) is 4.57. The summed E-state index contributed by atoms with van der Waals surface area (Å²) in [6.07, 6.45) is 0. The maximum Gasteiger partial charge on any atom is 0.343 e. The summed E-state index contributed by atoms with van der Waals surface area (Å²) in [6.45, 7) is 0. The van der Waals surface area contributed by atoms with E-state index in [0.717, 1.165) is 0 Å². The number of hydrogen-bond donors (Lipinski definition) is 2. The largest absolute Gasteiger partial charge is 0.497 e. The predicted molar refractivity (Wildman–Crippen MR) is 127 cm³/mol. The number of rotatable bonds is 6. The minimum absolute atomic E-state index is 0.271. The zero-order chi connectivity index (χ0) is 23.4. The number of ether oxygens (including phenoxy) is 3. The molecule has 0 radical (unpaired) electrons. The quantitative estimate of drug-likeness (QED) is 0.250. The molecule has 0 aromatic heterocycles. The Kier molecular flexibility index (Phi) is 6.13. The van der Waals surface area contributed by atoms with Crippen LogP contribution in [0.2, 0.25) is 0 Å². The SMILES string of the molecule is COc1ccc(C(=O)Nc2c(N)cc(OC(=O)c3ccc(OC)cc3)c3ccccc23)cc1. The highest BCUT2D eigenvalue weighted by molar-refractivity contribution is 6.13. The van der Waals surface area contributed by atoms with Crippen molar-refractivity contribution in [2.75, 3.05) is 25.3 Å². The Hall–Kier alpha value is -4.52. The number of amides is 1. The summed E-state index contributed by atoms with van der Waals surface area (Å²) in [5.41, 5.74) is 7.80. The fourth-order valence-electron chi connectivity index (χ4n) is 3.40. The third-order valence-corrected chi connectivity index (χ3v) is 5.16. The molecule has 0 spiro atoms. The molecular formula is C26H22N2O5. The van der Waals surface area contributed by atoms with Gasteiger partial charge in [0, 0.05) is 22.4 Å². The smallest absolute Gasteiger partial charge is 0.343 e. The zero-order valence-corrected chi connectivity index (χ0v) is 18.1. The highest BCUT2D eigenvalue weighted by Gasteiger charge is 2.17. The molecule has 1 amide bonds. The normalized spacial score (nSPS) is 10.5. The van der Waals surface area contributed by atoms with Crippen LogP contribution in [0.15, 0.2) is 78.9 Å². The van der Waals surface area contributed by atoms with E-state index < -0.39 is 5.97 Å². The van der Waals surface area contributed by atoms with Crippen molar-refractivity contribution < 1.29 is 23.8 Å². The summed E-state index contributed by atoms with van der Waals surface area (Å²) >= 11 is 0. The summed E-state index contributed by atoms with van der Waals surface area (Å²) in [5, 5.41) is 4.16. The first-order valence-electron chi connectivity index (χ1n) is 10.1. The Morgan fingerprint density at radius 2 is 1.30 bits per heavy atom. The molecule has 4 aromatic carbocycles. The molecule has 0 heterocycles. The van der Waals surface area contributed by atoms with Crippen LogP contribution in [-0.2, 0) is 0 Å². The first-order valence-corrected chi connectivity index (χ1v) is 10.1. The fourth-order valence-corrected chi connectivity index (χ4v) is 3.40. The molecular weight excluding hydrogens is 420 g/mol. The van der Waals surface area contributed by atoms with E-state index in [-0.39, 0.29) is 11.6 Å². The van der Waals surface area contributed by atoms with Crippen molar-refractivity contribution in [3.05, 3.63) is 90.0 Å². The maximum absolute atomic E-state index is 12.8. The van der Waals surface area contributed by atoms with Gasteiger partial charge in [0.15, 0.2) is 0 Å². The lowest BCUT2D eigenvalue weighted by molar-refractivity contribution is 0.0737. The van der Waals surface area contributed by atoms with Crippen LogP contribution in [0, 0.1) is 0 Å². The van der Waals surface area contributed by atoms with Crippen LogP contribution >= 0.6 is 0 Å². The minimum atomic E-state index is -0.530. The predicted octanol–water partition coefficient (Wildman–Crippen LogP) is 4.91. The van der Waals surface area contributed by atoms with Gasteiger partial charge in [-0.25, -0.2) is 4.79 Å². The minimum Gasteiger partial charge on any atom is -0.497 e. The number of methoxy groups -OCH3 is 2. The zero-order valence-electron chi connectivity index (χ0n) is 18.1. The highest BCUT2D eigenvalue weighted by Crippen LogP contribution is 2.37. The van der Waals surface area contributed by atoms with Crippen LogP contribution in [0.1, 0.15) is 20.7 Å². The van der Waals surface area contributed by atoms with Crippen LogP contribution in [0.5, 0.6) is 17.2 Å². The molecule has 0 fully saturated rings. The lowest BCUT2D eigenvalue weighted by Crippen LogP contribution is -2.14. The van der Waals surface area contributed by atoms with E-state index in [1.54, 1.807) is 74.9 Å². The number of carbonyl (C=O) groups excluding carboxylic acids is 2. The van der Waals surface area contributed by atoms with Gasteiger partial charge < -0.3 is 25.3 Å². The number of nitrogens with two attached hydrogens (primary N) is 1. The molecule has 0 atom stereocenters. The van der Waals surface area contributed by atoms with Gasteiger partial charge in [-0.1, -0.05) is 24.3 Å². The number of nitrogen functional groups attached to an aromatic ring is 1. The maximum atomic E-state index is 12.8. The van der Waals surface area contributed by atoms with Crippen molar-refractivity contribution in [2.24, 2.45) is 0 Å². The van der Waals surface area contributed by atoms with Crippen LogP contribution < -0.4 is 25.3 Å². The third-order valence-electron chi connectivity index (χ3n) is 5.16. The van der Waals surface area contributed by atoms with E-state index in [2.05, 4.69) is 5.32 Å². The van der Waals surface area contributed by atoms with Crippen LogP contribution in [-0.4, -0.2) is 26.1 Å². The molecule has 7 heteroatoms. The van der Waals surface area contributed by atoms with Gasteiger partial charge in [-0.3, -0.25) is 4.79 Å². The Balaban J connectivity index is 1.64. The molecule has 0 unspecified atom stereocenters. The van der Waals surface area contributed by atoms with Crippen molar-refractivity contribution in [1.82, 2.24) is 0 Å². The van der Waals surface area contributed by atoms with Gasteiger partial charge in [0.1, 0.15) is 17.2 Å². The molecule has 0 aliphatic rings. The van der Waals surface area contributed by atoms with Crippen molar-refractivity contribution in [2.45, 2.75) is 0 Å². The van der Waals surface area contributed by atoms with Gasteiger partial charge in [0.05, 0.1) is 31.2 Å². The van der Waals surface area contributed by atoms with E-state index >= 15 is 0 Å². The first-order chi connectivity index (χ1) is 16.0. The Labute approximate surface area is 190 Å². The number of esters is 1. The van der Waals surface area contributed by atoms with Gasteiger partial charge in [-0.15, -0.1) is 0 Å². The van der Waals surface area contributed by atoms with Crippen LogP contribution in [0.3, 0.4) is 0 Å². The Morgan fingerprint density at radius 1 is 0.758 bits per heavy atom. The van der Waals surface area contributed by atoms with Gasteiger partial charge in [-0.2, -0.15) is 0 Å². The van der Waals surface area contributed by atoms with Crippen LogP contribution in [0.4, 0.5) is 11.4 Å². The summed E-state index contributed by atoms with van der Waals surface area (Å²) in [4.78, 5) is 25.5. The van der Waals surface area contributed by atoms with E-state index in [1.807, 2.05) is 12.1 Å². The molecule has 7 nitrogen and oxygen atoms in total. The van der Waals surface area contributed by atoms with Crippen LogP contribution in [0.25, 0.3) is 10.8 Å². The second-order valence-corrected chi connectivity index (χ2v) is 7.19. The molecule has 0 bridgehead atoms. The van der Waals surface area contributed by atoms with E-state index in [1.165, 1.54) is 6.07 Å². The topological polar surface area (TPSA) is 99.9 Å². The Morgan fingerprint density at radius 3 is 1.88 bits per heavy atom. The average molecular weight is 442 g/mol. The molecule has 166 valence electrons. The molecule has 4 aromatic rings.